The lowest BCUT2D eigenvalue weighted by molar-refractivity contribution is 0.342. The third-order valence-electron chi connectivity index (χ3n) is 1.91. The van der Waals surface area contributed by atoms with Gasteiger partial charge in [-0.25, -0.2) is 0 Å². The lowest BCUT2D eigenvalue weighted by atomic mass is 10.2. The first-order valence-corrected chi connectivity index (χ1v) is 6.37. The summed E-state index contributed by atoms with van der Waals surface area (Å²) in [5.41, 5.74) is 0. The zero-order chi connectivity index (χ0) is 10.1. The second kappa shape index (κ2) is 4.13. The van der Waals surface area contributed by atoms with Gasteiger partial charge >= 0.3 is 0 Å². The zero-order valence-corrected chi connectivity index (χ0v) is 10.9. The lowest BCUT2D eigenvalue weighted by Crippen LogP contribution is -1.93. The van der Waals surface area contributed by atoms with Crippen LogP contribution in [-0.2, 0) is 0 Å². The SMILES string of the molecule is CCOc1c(Br)c(S)cc2ccsc12. The molecule has 1 aromatic heterocycles. The van der Waals surface area contributed by atoms with E-state index in [0.29, 0.717) is 6.61 Å². The number of thiol groups is 1. The van der Waals surface area contributed by atoms with Gasteiger partial charge in [-0.3, -0.25) is 0 Å². The molecule has 0 N–H and O–H groups in total. The molecule has 0 aliphatic rings. The molecule has 0 amide bonds. The Balaban J connectivity index is 2.73. The fourth-order valence-corrected chi connectivity index (χ4v) is 3.00. The molecular formula is C10H9BrOS2. The minimum atomic E-state index is 0.669. The predicted octanol–water partition coefficient (Wildman–Crippen LogP) is 4.35. The van der Waals surface area contributed by atoms with E-state index in [9.17, 15) is 0 Å². The second-order valence-corrected chi connectivity index (χ2v) is 5.00. The van der Waals surface area contributed by atoms with Crippen molar-refractivity contribution in [3.05, 3.63) is 22.0 Å². The summed E-state index contributed by atoms with van der Waals surface area (Å²) in [4.78, 5) is 0.916. The minimum Gasteiger partial charge on any atom is -0.491 e. The molecule has 2 rings (SSSR count). The van der Waals surface area contributed by atoms with Crippen molar-refractivity contribution in [2.24, 2.45) is 0 Å². The molecule has 1 aromatic carbocycles. The van der Waals surface area contributed by atoms with Gasteiger partial charge < -0.3 is 4.74 Å². The van der Waals surface area contributed by atoms with Crippen LogP contribution in [0.3, 0.4) is 0 Å². The Morgan fingerprint density at radius 2 is 2.36 bits per heavy atom. The van der Waals surface area contributed by atoms with Crippen molar-refractivity contribution in [2.75, 3.05) is 6.61 Å². The van der Waals surface area contributed by atoms with E-state index in [1.54, 1.807) is 11.3 Å². The van der Waals surface area contributed by atoms with Crippen molar-refractivity contribution in [1.82, 2.24) is 0 Å². The first-order chi connectivity index (χ1) is 6.74. The van der Waals surface area contributed by atoms with E-state index in [0.717, 1.165) is 15.1 Å². The molecule has 0 aliphatic heterocycles. The fraction of sp³-hybridized carbons (Fsp3) is 0.200. The van der Waals surface area contributed by atoms with Gasteiger partial charge in [0.2, 0.25) is 0 Å². The van der Waals surface area contributed by atoms with E-state index in [1.165, 1.54) is 10.1 Å². The van der Waals surface area contributed by atoms with Crippen LogP contribution < -0.4 is 4.74 Å². The average Bonchev–Trinajstić information content (AvgIpc) is 2.60. The van der Waals surface area contributed by atoms with E-state index in [-0.39, 0.29) is 0 Å². The number of rotatable bonds is 2. The van der Waals surface area contributed by atoms with Crippen LogP contribution >= 0.6 is 39.9 Å². The largest absolute Gasteiger partial charge is 0.491 e. The normalized spacial score (nSPS) is 10.8. The highest BCUT2D eigenvalue weighted by molar-refractivity contribution is 9.10. The van der Waals surface area contributed by atoms with Crippen molar-refractivity contribution in [3.8, 4) is 5.75 Å². The molecule has 1 heterocycles. The first-order valence-electron chi connectivity index (χ1n) is 4.25. The van der Waals surface area contributed by atoms with Crippen LogP contribution in [0.5, 0.6) is 5.75 Å². The molecule has 0 fully saturated rings. The summed E-state index contributed by atoms with van der Waals surface area (Å²) in [6, 6.07) is 4.12. The van der Waals surface area contributed by atoms with Crippen LogP contribution in [0.25, 0.3) is 10.1 Å². The topological polar surface area (TPSA) is 9.23 Å². The molecule has 2 aromatic rings. The predicted molar refractivity (Wildman–Crippen MR) is 67.9 cm³/mol. The summed E-state index contributed by atoms with van der Waals surface area (Å²) in [6.07, 6.45) is 0. The monoisotopic (exact) mass is 288 g/mol. The standard InChI is InChI=1S/C10H9BrOS2/c1-2-12-9-8(11)7(13)5-6-3-4-14-10(6)9/h3-5,13H,2H2,1H3. The van der Waals surface area contributed by atoms with E-state index >= 15 is 0 Å². The number of hydrogen-bond acceptors (Lipinski definition) is 3. The van der Waals surface area contributed by atoms with Crippen molar-refractivity contribution in [2.45, 2.75) is 11.8 Å². The smallest absolute Gasteiger partial charge is 0.152 e. The Morgan fingerprint density at radius 1 is 1.57 bits per heavy atom. The van der Waals surface area contributed by atoms with Gasteiger partial charge in [-0.05, 0) is 45.8 Å². The summed E-state index contributed by atoms with van der Waals surface area (Å²) < 4.78 is 7.72. The maximum Gasteiger partial charge on any atom is 0.152 e. The Morgan fingerprint density at radius 3 is 3.07 bits per heavy atom. The molecule has 4 heteroatoms. The molecule has 0 atom stereocenters. The Labute approximate surface area is 101 Å². The Kier molecular flexibility index (Phi) is 3.04. The van der Waals surface area contributed by atoms with Gasteiger partial charge in [0, 0.05) is 4.90 Å². The third kappa shape index (κ3) is 1.66. The number of ether oxygens (including phenoxy) is 1. The van der Waals surface area contributed by atoms with Crippen LogP contribution in [0.2, 0.25) is 0 Å². The summed E-state index contributed by atoms with van der Waals surface area (Å²) in [5, 5.41) is 3.25. The van der Waals surface area contributed by atoms with E-state index in [2.05, 4.69) is 40.0 Å². The van der Waals surface area contributed by atoms with Gasteiger partial charge in [0.1, 0.15) is 0 Å². The van der Waals surface area contributed by atoms with Crippen LogP contribution in [-0.4, -0.2) is 6.61 Å². The molecular weight excluding hydrogens is 280 g/mol. The van der Waals surface area contributed by atoms with Crippen molar-refractivity contribution < 1.29 is 4.74 Å². The molecule has 74 valence electrons. The van der Waals surface area contributed by atoms with Crippen molar-refractivity contribution >= 4 is 50.0 Å². The molecule has 14 heavy (non-hydrogen) atoms. The van der Waals surface area contributed by atoms with E-state index in [4.69, 9.17) is 4.74 Å². The second-order valence-electron chi connectivity index (χ2n) is 2.81. The Hall–Kier alpha value is -0.190. The highest BCUT2D eigenvalue weighted by Crippen LogP contribution is 2.41. The first kappa shape index (κ1) is 10.3. The van der Waals surface area contributed by atoms with Gasteiger partial charge in [-0.15, -0.1) is 24.0 Å². The molecule has 0 bridgehead atoms. The van der Waals surface area contributed by atoms with Gasteiger partial charge in [-0.1, -0.05) is 0 Å². The van der Waals surface area contributed by atoms with Crippen molar-refractivity contribution in [1.29, 1.82) is 0 Å². The summed E-state index contributed by atoms with van der Waals surface area (Å²) >= 11 is 9.57. The average molecular weight is 289 g/mol. The van der Waals surface area contributed by atoms with Crippen LogP contribution in [0.4, 0.5) is 0 Å². The number of halogens is 1. The highest BCUT2D eigenvalue weighted by Gasteiger charge is 2.11. The molecule has 0 saturated heterocycles. The van der Waals surface area contributed by atoms with Crippen LogP contribution in [0, 0.1) is 0 Å². The number of thiophene rings is 1. The molecule has 0 saturated carbocycles. The third-order valence-corrected chi connectivity index (χ3v) is 4.28. The van der Waals surface area contributed by atoms with Gasteiger partial charge in [0.25, 0.3) is 0 Å². The Bertz CT molecular complexity index is 464. The van der Waals surface area contributed by atoms with Gasteiger partial charge in [0.05, 0.1) is 15.8 Å². The summed E-state index contributed by atoms with van der Waals surface area (Å²) in [7, 11) is 0. The van der Waals surface area contributed by atoms with Gasteiger partial charge in [-0.2, -0.15) is 0 Å². The van der Waals surface area contributed by atoms with Crippen LogP contribution in [0.15, 0.2) is 26.9 Å². The van der Waals surface area contributed by atoms with Gasteiger partial charge in [0.15, 0.2) is 5.75 Å². The zero-order valence-electron chi connectivity index (χ0n) is 7.58. The fourth-order valence-electron chi connectivity index (χ4n) is 1.32. The number of fused-ring (bicyclic) bond motifs is 1. The highest BCUT2D eigenvalue weighted by atomic mass is 79.9. The summed E-state index contributed by atoms with van der Waals surface area (Å²) in [6.45, 7) is 2.65. The molecule has 0 aliphatic carbocycles. The maximum atomic E-state index is 5.60. The molecule has 0 unspecified atom stereocenters. The molecule has 0 spiro atoms. The maximum absolute atomic E-state index is 5.60. The lowest BCUT2D eigenvalue weighted by Gasteiger charge is -2.08. The van der Waals surface area contributed by atoms with Crippen LogP contribution in [0.1, 0.15) is 6.92 Å². The minimum absolute atomic E-state index is 0.669. The summed E-state index contributed by atoms with van der Waals surface area (Å²) in [5.74, 6) is 0.907. The quantitative estimate of drug-likeness (QED) is 0.809. The number of benzene rings is 1. The van der Waals surface area contributed by atoms with Crippen molar-refractivity contribution in [3.63, 3.8) is 0 Å². The van der Waals surface area contributed by atoms with E-state index < -0.39 is 0 Å². The molecule has 1 nitrogen and oxygen atoms in total. The number of hydrogen-bond donors (Lipinski definition) is 1. The van der Waals surface area contributed by atoms with E-state index in [1.807, 2.05) is 13.0 Å². The molecule has 0 radical (unpaired) electrons.